The number of nitrogens with zero attached hydrogens (tertiary/aromatic N) is 2. The van der Waals surface area contributed by atoms with Gasteiger partial charge in [0.15, 0.2) is 5.15 Å². The summed E-state index contributed by atoms with van der Waals surface area (Å²) in [7, 11) is 0. The zero-order valence-corrected chi connectivity index (χ0v) is 8.43. The van der Waals surface area contributed by atoms with E-state index in [2.05, 4.69) is 5.10 Å². The van der Waals surface area contributed by atoms with Crippen molar-refractivity contribution in [1.82, 2.24) is 9.78 Å². The van der Waals surface area contributed by atoms with E-state index in [0.717, 1.165) is 0 Å². The van der Waals surface area contributed by atoms with Crippen LogP contribution in [0.15, 0.2) is 0 Å². The van der Waals surface area contributed by atoms with Crippen molar-refractivity contribution in [3.63, 3.8) is 0 Å². The first kappa shape index (κ1) is 10.3. The van der Waals surface area contributed by atoms with Crippen molar-refractivity contribution in [3.05, 3.63) is 15.9 Å². The maximum atomic E-state index is 10.4. The Hall–Kier alpha value is -0.740. The zero-order valence-electron chi connectivity index (χ0n) is 6.92. The molecule has 0 aromatic carbocycles. The van der Waals surface area contributed by atoms with Crippen molar-refractivity contribution in [2.24, 2.45) is 0 Å². The molecule has 0 atom stereocenters. The summed E-state index contributed by atoms with van der Waals surface area (Å²) in [5, 5.41) is 12.9. The molecule has 1 rings (SSSR count). The maximum Gasteiger partial charge on any atom is 0.308 e. The Morgan fingerprint density at radius 3 is 2.62 bits per heavy atom. The fourth-order valence-corrected chi connectivity index (χ4v) is 1.57. The lowest BCUT2D eigenvalue weighted by molar-refractivity contribution is -0.136. The van der Waals surface area contributed by atoms with Crippen LogP contribution in [0.3, 0.4) is 0 Å². The molecule has 0 aliphatic rings. The van der Waals surface area contributed by atoms with Gasteiger partial charge in [0, 0.05) is 12.1 Å². The average Bonchev–Trinajstić information content (AvgIpc) is 2.31. The first-order valence-corrected chi connectivity index (χ1v) is 4.44. The molecule has 13 heavy (non-hydrogen) atoms. The summed E-state index contributed by atoms with van der Waals surface area (Å²) in [4.78, 5) is 10.4. The number of carboxylic acid groups (broad SMARTS) is 1. The first-order chi connectivity index (χ1) is 6.06. The van der Waals surface area contributed by atoms with Gasteiger partial charge in [0.05, 0.1) is 6.42 Å². The number of hydrogen-bond acceptors (Lipinski definition) is 2. The summed E-state index contributed by atoms with van der Waals surface area (Å²) in [6.07, 6.45) is -0.197. The number of carbonyl (C=O) groups is 1. The molecule has 1 heterocycles. The number of aliphatic carboxylic acids is 1. The summed E-state index contributed by atoms with van der Waals surface area (Å²) >= 11 is 11.5. The molecule has 1 aromatic heterocycles. The highest BCUT2D eigenvalue weighted by Crippen LogP contribution is 2.24. The quantitative estimate of drug-likeness (QED) is 0.850. The van der Waals surface area contributed by atoms with Gasteiger partial charge in [-0.3, -0.25) is 9.48 Å². The molecule has 6 heteroatoms. The van der Waals surface area contributed by atoms with Crippen LogP contribution in [0.1, 0.15) is 12.5 Å². The van der Waals surface area contributed by atoms with Gasteiger partial charge in [0.2, 0.25) is 0 Å². The molecule has 0 radical (unpaired) electrons. The van der Waals surface area contributed by atoms with Gasteiger partial charge < -0.3 is 5.11 Å². The Morgan fingerprint density at radius 1 is 1.62 bits per heavy atom. The van der Waals surface area contributed by atoms with Crippen LogP contribution in [0, 0.1) is 0 Å². The van der Waals surface area contributed by atoms with Gasteiger partial charge in [-0.1, -0.05) is 23.2 Å². The smallest absolute Gasteiger partial charge is 0.308 e. The first-order valence-electron chi connectivity index (χ1n) is 3.68. The van der Waals surface area contributed by atoms with Crippen LogP contribution in [0.25, 0.3) is 0 Å². The van der Waals surface area contributed by atoms with Crippen molar-refractivity contribution in [3.8, 4) is 0 Å². The summed E-state index contributed by atoms with van der Waals surface area (Å²) in [5.41, 5.74) is 0.373. The molecule has 4 nitrogen and oxygen atoms in total. The van der Waals surface area contributed by atoms with E-state index in [-0.39, 0.29) is 11.6 Å². The minimum atomic E-state index is -0.973. The Balaban J connectivity index is 3.05. The number of rotatable bonds is 3. The van der Waals surface area contributed by atoms with E-state index in [4.69, 9.17) is 28.3 Å². The summed E-state index contributed by atoms with van der Waals surface area (Å²) in [6.45, 7) is 2.41. The molecule has 0 amide bonds. The highest BCUT2D eigenvalue weighted by atomic mass is 35.5. The molecule has 0 saturated carbocycles. The molecule has 0 aliphatic heterocycles. The van der Waals surface area contributed by atoms with Gasteiger partial charge in [0.1, 0.15) is 5.15 Å². The largest absolute Gasteiger partial charge is 0.481 e. The number of hydrogen-bond donors (Lipinski definition) is 1. The Morgan fingerprint density at radius 2 is 2.23 bits per heavy atom. The van der Waals surface area contributed by atoms with Gasteiger partial charge >= 0.3 is 5.97 Å². The molecule has 72 valence electrons. The van der Waals surface area contributed by atoms with E-state index < -0.39 is 5.97 Å². The van der Waals surface area contributed by atoms with Gasteiger partial charge in [-0.2, -0.15) is 5.10 Å². The molecular weight excluding hydrogens is 215 g/mol. The second kappa shape index (κ2) is 3.98. The molecule has 0 unspecified atom stereocenters. The highest BCUT2D eigenvalue weighted by molar-refractivity contribution is 6.35. The SMILES string of the molecule is CCn1nc(Cl)c(CC(=O)O)c1Cl. The topological polar surface area (TPSA) is 55.1 Å². The van der Waals surface area contributed by atoms with Gasteiger partial charge in [-0.25, -0.2) is 0 Å². The molecule has 0 bridgehead atoms. The van der Waals surface area contributed by atoms with Crippen LogP contribution in [0.4, 0.5) is 0 Å². The van der Waals surface area contributed by atoms with Crippen molar-refractivity contribution >= 4 is 29.2 Å². The van der Waals surface area contributed by atoms with E-state index in [1.54, 1.807) is 0 Å². The predicted molar refractivity (Wildman–Crippen MR) is 49.3 cm³/mol. The average molecular weight is 223 g/mol. The Labute approximate surface area is 85.1 Å². The molecule has 0 fully saturated rings. The number of aryl methyl sites for hydroxylation is 1. The van der Waals surface area contributed by atoms with E-state index in [1.807, 2.05) is 6.92 Å². The van der Waals surface area contributed by atoms with Crippen LogP contribution in [-0.4, -0.2) is 20.9 Å². The van der Waals surface area contributed by atoms with Crippen molar-refractivity contribution < 1.29 is 9.90 Å². The van der Waals surface area contributed by atoms with Crippen LogP contribution < -0.4 is 0 Å². The van der Waals surface area contributed by atoms with E-state index in [1.165, 1.54) is 4.68 Å². The van der Waals surface area contributed by atoms with E-state index in [0.29, 0.717) is 17.3 Å². The Bertz CT molecular complexity index is 335. The van der Waals surface area contributed by atoms with Crippen LogP contribution in [0.2, 0.25) is 10.3 Å². The number of halogens is 2. The van der Waals surface area contributed by atoms with Gasteiger partial charge in [0.25, 0.3) is 0 Å². The molecular formula is C7H8Cl2N2O2. The van der Waals surface area contributed by atoms with Crippen LogP contribution in [0.5, 0.6) is 0 Å². The predicted octanol–water partition coefficient (Wildman–Crippen LogP) is 1.84. The van der Waals surface area contributed by atoms with Crippen molar-refractivity contribution in [2.75, 3.05) is 0 Å². The minimum Gasteiger partial charge on any atom is -0.481 e. The third-order valence-corrected chi connectivity index (χ3v) is 2.29. The van der Waals surface area contributed by atoms with Gasteiger partial charge in [-0.05, 0) is 6.92 Å². The number of aromatic nitrogens is 2. The van der Waals surface area contributed by atoms with E-state index in [9.17, 15) is 4.79 Å². The highest BCUT2D eigenvalue weighted by Gasteiger charge is 2.16. The lowest BCUT2D eigenvalue weighted by Gasteiger charge is -1.96. The molecule has 1 aromatic rings. The second-order valence-electron chi connectivity index (χ2n) is 2.45. The van der Waals surface area contributed by atoms with Crippen molar-refractivity contribution in [1.29, 1.82) is 0 Å². The van der Waals surface area contributed by atoms with Crippen molar-refractivity contribution in [2.45, 2.75) is 19.9 Å². The van der Waals surface area contributed by atoms with E-state index >= 15 is 0 Å². The second-order valence-corrected chi connectivity index (χ2v) is 3.16. The fourth-order valence-electron chi connectivity index (χ4n) is 0.958. The lowest BCUT2D eigenvalue weighted by Crippen LogP contribution is -2.01. The third-order valence-electron chi connectivity index (χ3n) is 1.56. The normalized spacial score (nSPS) is 10.4. The minimum absolute atomic E-state index is 0.161. The van der Waals surface area contributed by atoms with Crippen LogP contribution in [-0.2, 0) is 17.8 Å². The molecule has 0 aliphatic carbocycles. The summed E-state index contributed by atoms with van der Waals surface area (Å²) < 4.78 is 1.46. The fraction of sp³-hybridized carbons (Fsp3) is 0.429. The van der Waals surface area contributed by atoms with Gasteiger partial charge in [-0.15, -0.1) is 0 Å². The maximum absolute atomic E-state index is 10.4. The summed E-state index contributed by atoms with van der Waals surface area (Å²) in [6, 6.07) is 0. The monoisotopic (exact) mass is 222 g/mol. The third kappa shape index (κ3) is 2.14. The summed E-state index contributed by atoms with van der Waals surface area (Å²) in [5.74, 6) is -0.973. The number of carboxylic acids is 1. The zero-order chi connectivity index (χ0) is 10.0. The molecule has 0 spiro atoms. The Kier molecular flexibility index (Phi) is 3.17. The molecule has 1 N–H and O–H groups in total. The standard InChI is InChI=1S/C7H8Cl2N2O2/c1-2-11-7(9)4(3-5(12)13)6(8)10-11/h2-3H2,1H3,(H,12,13). The lowest BCUT2D eigenvalue weighted by atomic mass is 10.2. The van der Waals surface area contributed by atoms with Crippen LogP contribution >= 0.6 is 23.2 Å². The molecule has 0 saturated heterocycles.